The highest BCUT2D eigenvalue weighted by molar-refractivity contribution is 5.77. The number of ether oxygens (including phenoxy) is 1. The molecule has 8 nitrogen and oxygen atoms in total. The minimum Gasteiger partial charge on any atom is -0.479 e. The number of nitrogens with zero attached hydrogens (tertiary/aromatic N) is 2. The molecule has 3 N–H and O–H groups in total. The van der Waals surface area contributed by atoms with Gasteiger partial charge in [0.05, 0.1) is 12.1 Å². The molecule has 1 saturated heterocycles. The number of amides is 2. The molecule has 21 heavy (non-hydrogen) atoms. The van der Waals surface area contributed by atoms with Gasteiger partial charge in [-0.3, -0.25) is 4.90 Å². The van der Waals surface area contributed by atoms with Crippen molar-refractivity contribution < 1.29 is 24.5 Å². The van der Waals surface area contributed by atoms with Crippen molar-refractivity contribution in [3.8, 4) is 0 Å². The number of piperazine rings is 1. The molecule has 0 aromatic heterocycles. The Labute approximate surface area is 124 Å². The van der Waals surface area contributed by atoms with Crippen molar-refractivity contribution >= 4 is 12.0 Å². The highest BCUT2D eigenvalue weighted by atomic mass is 16.5. The van der Waals surface area contributed by atoms with Gasteiger partial charge in [0.1, 0.15) is 0 Å². The Bertz CT molecular complexity index is 361. The van der Waals surface area contributed by atoms with Crippen molar-refractivity contribution in [2.24, 2.45) is 0 Å². The lowest BCUT2D eigenvalue weighted by atomic mass is 10.1. The molecular formula is C13H25N3O5. The highest BCUT2D eigenvalue weighted by Gasteiger charge is 2.25. The Balaban J connectivity index is 2.33. The van der Waals surface area contributed by atoms with Crippen molar-refractivity contribution in [1.29, 1.82) is 0 Å². The number of carbonyl (C=O) groups excluding carboxylic acids is 1. The first-order valence-corrected chi connectivity index (χ1v) is 6.96. The van der Waals surface area contributed by atoms with E-state index in [1.54, 1.807) is 18.7 Å². The molecule has 0 spiro atoms. The molecule has 122 valence electrons. The number of carboxylic acid groups (broad SMARTS) is 1. The lowest BCUT2D eigenvalue weighted by Crippen LogP contribution is -2.55. The minimum absolute atomic E-state index is 0.0610. The standard InChI is InChI=1S/C13H25N3O5/c1-13(2,20)9-15-4-6-16(7-5-15)12(19)14-8-10(21-3)11(17)18/h10,20H,4-9H2,1-3H3,(H,14,19)(H,17,18). The number of nitrogens with one attached hydrogen (secondary N) is 1. The van der Waals surface area contributed by atoms with Gasteiger partial charge >= 0.3 is 12.0 Å². The fraction of sp³-hybridized carbons (Fsp3) is 0.846. The van der Waals surface area contributed by atoms with E-state index < -0.39 is 17.7 Å². The second-order valence-corrected chi connectivity index (χ2v) is 5.82. The van der Waals surface area contributed by atoms with Crippen molar-refractivity contribution in [2.75, 3.05) is 46.4 Å². The molecule has 0 radical (unpaired) electrons. The van der Waals surface area contributed by atoms with Crippen LogP contribution in [0.2, 0.25) is 0 Å². The topological polar surface area (TPSA) is 102 Å². The number of β-amino-alcohol motifs (C(OH)–C–C–N with tert-alkyl or cyclic N) is 1. The fourth-order valence-corrected chi connectivity index (χ4v) is 2.22. The van der Waals surface area contributed by atoms with Crippen molar-refractivity contribution in [1.82, 2.24) is 15.1 Å². The molecule has 2 amide bonds. The summed E-state index contributed by atoms with van der Waals surface area (Å²) in [7, 11) is 1.29. The van der Waals surface area contributed by atoms with Gasteiger partial charge in [0.15, 0.2) is 6.10 Å². The molecule has 1 aliphatic rings. The van der Waals surface area contributed by atoms with Crippen molar-refractivity contribution in [3.05, 3.63) is 0 Å². The van der Waals surface area contributed by atoms with Crippen LogP contribution in [0.1, 0.15) is 13.8 Å². The largest absolute Gasteiger partial charge is 0.479 e. The Morgan fingerprint density at radius 2 is 1.86 bits per heavy atom. The van der Waals surface area contributed by atoms with Crippen molar-refractivity contribution in [3.63, 3.8) is 0 Å². The molecule has 1 aliphatic heterocycles. The van der Waals surface area contributed by atoms with Gasteiger partial charge in [-0.25, -0.2) is 9.59 Å². The summed E-state index contributed by atoms with van der Waals surface area (Å²) in [5.74, 6) is -1.10. The van der Waals surface area contributed by atoms with Crippen LogP contribution in [0.5, 0.6) is 0 Å². The third kappa shape index (κ3) is 6.28. The van der Waals surface area contributed by atoms with E-state index in [1.807, 2.05) is 0 Å². The van der Waals surface area contributed by atoms with E-state index in [-0.39, 0.29) is 12.6 Å². The maximum absolute atomic E-state index is 11.9. The molecule has 1 fully saturated rings. The highest BCUT2D eigenvalue weighted by Crippen LogP contribution is 2.08. The number of aliphatic carboxylic acids is 1. The molecular weight excluding hydrogens is 278 g/mol. The first kappa shape index (κ1) is 17.7. The van der Waals surface area contributed by atoms with Crippen molar-refractivity contribution in [2.45, 2.75) is 25.6 Å². The monoisotopic (exact) mass is 303 g/mol. The summed E-state index contributed by atoms with van der Waals surface area (Å²) in [6.45, 7) is 6.47. The molecule has 0 aliphatic carbocycles. The maximum Gasteiger partial charge on any atom is 0.334 e. The molecule has 0 bridgehead atoms. The van der Waals surface area contributed by atoms with Gasteiger partial charge in [0.25, 0.3) is 0 Å². The fourth-order valence-electron chi connectivity index (χ4n) is 2.22. The van der Waals surface area contributed by atoms with Gasteiger partial charge < -0.3 is 25.2 Å². The van der Waals surface area contributed by atoms with E-state index in [0.29, 0.717) is 32.7 Å². The Hall–Kier alpha value is -1.38. The summed E-state index contributed by atoms with van der Waals surface area (Å²) >= 11 is 0. The lowest BCUT2D eigenvalue weighted by molar-refractivity contribution is -0.148. The van der Waals surface area contributed by atoms with Gasteiger partial charge in [-0.05, 0) is 13.8 Å². The summed E-state index contributed by atoms with van der Waals surface area (Å²) in [4.78, 5) is 26.4. The van der Waals surface area contributed by atoms with E-state index in [4.69, 9.17) is 9.84 Å². The second-order valence-electron chi connectivity index (χ2n) is 5.82. The predicted octanol–water partition coefficient (Wildman–Crippen LogP) is -0.816. The van der Waals surface area contributed by atoms with Gasteiger partial charge in [0.2, 0.25) is 0 Å². The summed E-state index contributed by atoms with van der Waals surface area (Å²) in [6, 6.07) is -0.291. The quantitative estimate of drug-likeness (QED) is 0.593. The first-order chi connectivity index (χ1) is 9.73. The molecule has 1 heterocycles. The van der Waals surface area contributed by atoms with E-state index in [9.17, 15) is 14.7 Å². The van der Waals surface area contributed by atoms with Crippen LogP contribution in [0, 0.1) is 0 Å². The van der Waals surface area contributed by atoms with Crippen LogP contribution in [-0.4, -0.2) is 90.1 Å². The lowest BCUT2D eigenvalue weighted by Gasteiger charge is -2.37. The molecule has 1 unspecified atom stereocenters. The van der Waals surface area contributed by atoms with Gasteiger partial charge in [0, 0.05) is 39.8 Å². The molecule has 0 aromatic carbocycles. The predicted molar refractivity (Wildman–Crippen MR) is 76.1 cm³/mol. The number of aliphatic hydroxyl groups is 1. The Morgan fingerprint density at radius 3 is 2.29 bits per heavy atom. The molecule has 1 rings (SSSR count). The SMILES string of the molecule is COC(CNC(=O)N1CCN(CC(C)(C)O)CC1)C(=O)O. The van der Waals surface area contributed by atoms with E-state index in [0.717, 1.165) is 0 Å². The Kier molecular flexibility index (Phi) is 6.38. The van der Waals surface area contributed by atoms with Crippen LogP contribution < -0.4 is 5.32 Å². The van der Waals surface area contributed by atoms with E-state index >= 15 is 0 Å². The number of methoxy groups -OCH3 is 1. The summed E-state index contributed by atoms with van der Waals surface area (Å²) in [6.07, 6.45) is -1.04. The number of rotatable bonds is 6. The zero-order chi connectivity index (χ0) is 16.0. The van der Waals surface area contributed by atoms with Crippen LogP contribution in [0.15, 0.2) is 0 Å². The Morgan fingerprint density at radius 1 is 1.29 bits per heavy atom. The smallest absolute Gasteiger partial charge is 0.334 e. The normalized spacial score (nSPS) is 18.4. The van der Waals surface area contributed by atoms with Gasteiger partial charge in [-0.1, -0.05) is 0 Å². The first-order valence-electron chi connectivity index (χ1n) is 6.96. The number of urea groups is 1. The summed E-state index contributed by atoms with van der Waals surface area (Å²) in [5, 5.41) is 21.1. The van der Waals surface area contributed by atoms with Crippen LogP contribution >= 0.6 is 0 Å². The van der Waals surface area contributed by atoms with E-state index in [1.165, 1.54) is 7.11 Å². The number of carboxylic acids is 1. The zero-order valence-electron chi connectivity index (χ0n) is 12.8. The summed E-state index contributed by atoms with van der Waals surface area (Å²) in [5.41, 5.74) is -0.752. The van der Waals surface area contributed by atoms with Crippen LogP contribution in [-0.2, 0) is 9.53 Å². The number of hydrogen-bond acceptors (Lipinski definition) is 5. The maximum atomic E-state index is 11.9. The molecule has 1 atom stereocenters. The molecule has 0 saturated carbocycles. The summed E-state index contributed by atoms with van der Waals surface area (Å²) < 4.78 is 4.75. The second kappa shape index (κ2) is 7.58. The number of carbonyl (C=O) groups is 2. The van der Waals surface area contributed by atoms with E-state index in [2.05, 4.69) is 10.2 Å². The third-order valence-corrected chi connectivity index (χ3v) is 3.27. The molecule has 8 heteroatoms. The van der Waals surface area contributed by atoms with Crippen LogP contribution in [0.3, 0.4) is 0 Å². The van der Waals surface area contributed by atoms with Gasteiger partial charge in [-0.2, -0.15) is 0 Å². The number of hydrogen-bond donors (Lipinski definition) is 3. The third-order valence-electron chi connectivity index (χ3n) is 3.27. The van der Waals surface area contributed by atoms with Crippen LogP contribution in [0.4, 0.5) is 4.79 Å². The average Bonchev–Trinajstić information content (AvgIpc) is 2.37. The van der Waals surface area contributed by atoms with Gasteiger partial charge in [-0.15, -0.1) is 0 Å². The zero-order valence-corrected chi connectivity index (χ0v) is 12.8. The average molecular weight is 303 g/mol. The van der Waals surface area contributed by atoms with Crippen LogP contribution in [0.25, 0.3) is 0 Å². The molecule has 0 aromatic rings. The minimum atomic E-state index is -1.10.